The number of hydrogen-bond donors (Lipinski definition) is 1. The minimum absolute atomic E-state index is 0.210. The molecule has 0 aromatic carbocycles. The number of rotatable bonds is 4. The normalized spacial score (nSPS) is 22.1. The predicted molar refractivity (Wildman–Crippen MR) is 55.9 cm³/mol. The number of sulfone groups is 1. The lowest BCUT2D eigenvalue weighted by molar-refractivity contribution is 0.0982. The molecule has 84 valence electrons. The van der Waals surface area contributed by atoms with Crippen LogP contribution in [0.25, 0.3) is 0 Å². The zero-order valence-electron chi connectivity index (χ0n) is 8.61. The van der Waals surface area contributed by atoms with Gasteiger partial charge in [-0.3, -0.25) is 0 Å². The Bertz CT molecular complexity index is 257. The molecule has 14 heavy (non-hydrogen) atoms. The van der Waals surface area contributed by atoms with Crippen molar-refractivity contribution in [3.63, 3.8) is 0 Å². The van der Waals surface area contributed by atoms with Gasteiger partial charge in [0.2, 0.25) is 0 Å². The third-order valence-corrected chi connectivity index (χ3v) is 5.52. The lowest BCUT2D eigenvalue weighted by Crippen LogP contribution is -2.35. The molecule has 1 aliphatic rings. The molecule has 1 aliphatic heterocycles. The molecule has 0 aromatic heterocycles. The average molecular weight is 221 g/mol. The van der Waals surface area contributed by atoms with Crippen molar-refractivity contribution in [3.05, 3.63) is 0 Å². The second-order valence-corrected chi connectivity index (χ2v) is 6.44. The summed E-state index contributed by atoms with van der Waals surface area (Å²) in [4.78, 5) is 0. The number of hydrogen-bond acceptors (Lipinski definition) is 4. The van der Waals surface area contributed by atoms with Crippen LogP contribution >= 0.6 is 0 Å². The summed E-state index contributed by atoms with van der Waals surface area (Å²) in [5, 5.41) is -0.520. The highest BCUT2D eigenvalue weighted by Crippen LogP contribution is 2.21. The minimum atomic E-state index is -2.98. The number of ether oxygens (including phenoxy) is 1. The van der Waals surface area contributed by atoms with Gasteiger partial charge in [-0.15, -0.1) is 0 Å². The Hall–Kier alpha value is -0.130. The highest BCUT2D eigenvalue weighted by Gasteiger charge is 2.31. The third kappa shape index (κ3) is 2.68. The van der Waals surface area contributed by atoms with Gasteiger partial charge in [0.05, 0.1) is 10.5 Å². The van der Waals surface area contributed by atoms with Crippen molar-refractivity contribution in [3.8, 4) is 0 Å². The molecule has 1 unspecified atom stereocenters. The van der Waals surface area contributed by atoms with Crippen LogP contribution in [0.3, 0.4) is 0 Å². The quantitative estimate of drug-likeness (QED) is 0.742. The molecule has 0 spiro atoms. The van der Waals surface area contributed by atoms with Gasteiger partial charge in [0, 0.05) is 13.2 Å². The molecule has 0 aromatic rings. The molecule has 0 bridgehead atoms. The zero-order valence-corrected chi connectivity index (χ0v) is 9.42. The van der Waals surface area contributed by atoms with Crippen molar-refractivity contribution in [2.24, 2.45) is 5.73 Å². The van der Waals surface area contributed by atoms with Gasteiger partial charge in [-0.05, 0) is 32.7 Å². The van der Waals surface area contributed by atoms with Crippen LogP contribution in [0, 0.1) is 0 Å². The Morgan fingerprint density at radius 2 is 2.00 bits per heavy atom. The first-order valence-electron chi connectivity index (χ1n) is 5.09. The molecule has 1 rings (SSSR count). The minimum Gasteiger partial charge on any atom is -0.381 e. The van der Waals surface area contributed by atoms with Crippen molar-refractivity contribution >= 4 is 9.84 Å². The monoisotopic (exact) mass is 221 g/mol. The molecule has 0 saturated carbocycles. The largest absolute Gasteiger partial charge is 0.381 e. The van der Waals surface area contributed by atoms with E-state index in [0.717, 1.165) is 0 Å². The lowest BCUT2D eigenvalue weighted by Gasteiger charge is -2.25. The van der Waals surface area contributed by atoms with Crippen LogP contribution in [-0.2, 0) is 14.6 Å². The molecule has 4 nitrogen and oxygen atoms in total. The highest BCUT2D eigenvalue weighted by molar-refractivity contribution is 7.92. The zero-order chi connectivity index (χ0) is 10.6. The molecular formula is C9H19NO3S. The molecule has 0 aliphatic carbocycles. The van der Waals surface area contributed by atoms with Crippen molar-refractivity contribution in [1.82, 2.24) is 0 Å². The Morgan fingerprint density at radius 1 is 1.43 bits per heavy atom. The molecule has 1 saturated heterocycles. The van der Waals surface area contributed by atoms with E-state index in [2.05, 4.69) is 0 Å². The van der Waals surface area contributed by atoms with E-state index in [1.807, 2.05) is 0 Å². The Kier molecular flexibility index (Phi) is 4.34. The average Bonchev–Trinajstić information content (AvgIpc) is 2.19. The molecular weight excluding hydrogens is 202 g/mol. The van der Waals surface area contributed by atoms with Gasteiger partial charge in [-0.25, -0.2) is 8.42 Å². The maximum absolute atomic E-state index is 12.0. The second-order valence-electron chi connectivity index (χ2n) is 3.79. The fraction of sp³-hybridized carbons (Fsp3) is 1.00. The van der Waals surface area contributed by atoms with Crippen molar-refractivity contribution in [1.29, 1.82) is 0 Å². The first-order valence-corrected chi connectivity index (χ1v) is 6.70. The van der Waals surface area contributed by atoms with E-state index in [1.165, 1.54) is 0 Å². The van der Waals surface area contributed by atoms with Crippen LogP contribution in [-0.4, -0.2) is 38.7 Å². The Morgan fingerprint density at radius 3 is 2.50 bits per heavy atom. The van der Waals surface area contributed by atoms with Crippen LogP contribution in [0.5, 0.6) is 0 Å². The Balaban J connectivity index is 2.62. The van der Waals surface area contributed by atoms with E-state index in [9.17, 15) is 8.42 Å². The standard InChI is InChI=1S/C9H19NO3S/c1-8(2-5-10)14(11,12)9-3-6-13-7-4-9/h8-9H,2-7,10H2,1H3. The van der Waals surface area contributed by atoms with Gasteiger partial charge in [-0.2, -0.15) is 0 Å². The Labute approximate surface area is 85.7 Å². The lowest BCUT2D eigenvalue weighted by atomic mass is 10.2. The van der Waals surface area contributed by atoms with Crippen molar-refractivity contribution in [2.75, 3.05) is 19.8 Å². The number of nitrogens with two attached hydrogens (primary N) is 1. The summed E-state index contributed by atoms with van der Waals surface area (Å²) in [5.41, 5.74) is 5.37. The van der Waals surface area contributed by atoms with E-state index in [1.54, 1.807) is 6.92 Å². The first kappa shape index (κ1) is 11.9. The summed E-state index contributed by atoms with van der Waals surface area (Å²) in [6.07, 6.45) is 1.83. The summed E-state index contributed by atoms with van der Waals surface area (Å²) in [5.74, 6) is 0. The van der Waals surface area contributed by atoms with E-state index in [0.29, 0.717) is 39.0 Å². The van der Waals surface area contributed by atoms with Crippen LogP contribution < -0.4 is 5.73 Å². The SMILES string of the molecule is CC(CCN)S(=O)(=O)C1CCOCC1. The summed E-state index contributed by atoms with van der Waals surface area (Å²) < 4.78 is 29.1. The van der Waals surface area contributed by atoms with Gasteiger partial charge in [0.25, 0.3) is 0 Å². The molecule has 1 heterocycles. The summed E-state index contributed by atoms with van der Waals surface area (Å²) in [6.45, 7) is 3.32. The first-order chi connectivity index (χ1) is 6.59. The van der Waals surface area contributed by atoms with Crippen LogP contribution in [0.2, 0.25) is 0 Å². The maximum Gasteiger partial charge on any atom is 0.155 e. The summed E-state index contributed by atoms with van der Waals surface area (Å²) in [7, 11) is -2.98. The van der Waals surface area contributed by atoms with Crippen LogP contribution in [0.15, 0.2) is 0 Å². The van der Waals surface area contributed by atoms with E-state index in [-0.39, 0.29) is 10.5 Å². The van der Waals surface area contributed by atoms with E-state index in [4.69, 9.17) is 10.5 Å². The fourth-order valence-corrected chi connectivity index (χ4v) is 3.70. The maximum atomic E-state index is 12.0. The van der Waals surface area contributed by atoms with Gasteiger partial charge in [-0.1, -0.05) is 0 Å². The fourth-order valence-electron chi connectivity index (χ4n) is 1.73. The third-order valence-electron chi connectivity index (χ3n) is 2.77. The molecule has 1 atom stereocenters. The van der Waals surface area contributed by atoms with Gasteiger partial charge in [0.15, 0.2) is 9.84 Å². The van der Waals surface area contributed by atoms with Gasteiger partial charge < -0.3 is 10.5 Å². The molecule has 2 N–H and O–H groups in total. The second kappa shape index (κ2) is 5.09. The van der Waals surface area contributed by atoms with Crippen LogP contribution in [0.4, 0.5) is 0 Å². The smallest absolute Gasteiger partial charge is 0.155 e. The van der Waals surface area contributed by atoms with Crippen molar-refractivity contribution < 1.29 is 13.2 Å². The molecule has 1 fully saturated rings. The topological polar surface area (TPSA) is 69.4 Å². The van der Waals surface area contributed by atoms with E-state index < -0.39 is 9.84 Å². The van der Waals surface area contributed by atoms with Crippen molar-refractivity contribution in [2.45, 2.75) is 36.7 Å². The van der Waals surface area contributed by atoms with Gasteiger partial charge in [0.1, 0.15) is 0 Å². The van der Waals surface area contributed by atoms with Gasteiger partial charge >= 0.3 is 0 Å². The van der Waals surface area contributed by atoms with Crippen LogP contribution in [0.1, 0.15) is 26.2 Å². The summed E-state index contributed by atoms with van der Waals surface area (Å²) >= 11 is 0. The molecule has 0 radical (unpaired) electrons. The predicted octanol–water partition coefficient (Wildman–Crippen LogP) is 0.317. The highest BCUT2D eigenvalue weighted by atomic mass is 32.2. The summed E-state index contributed by atoms with van der Waals surface area (Å²) in [6, 6.07) is 0. The van der Waals surface area contributed by atoms with E-state index >= 15 is 0 Å². The molecule has 0 amide bonds. The molecule has 5 heteroatoms.